The summed E-state index contributed by atoms with van der Waals surface area (Å²) in [6.07, 6.45) is 5.18. The smallest absolute Gasteiger partial charge is 0.310 e. The molecule has 2 bridgehead atoms. The predicted octanol–water partition coefficient (Wildman–Crippen LogP) is 1.14. The lowest BCUT2D eigenvalue weighted by Gasteiger charge is -2.30. The highest BCUT2D eigenvalue weighted by molar-refractivity contribution is 7.89. The maximum absolute atomic E-state index is 12.8. The molecule has 0 aromatic heterocycles. The molecule has 0 aromatic rings. The normalized spacial score (nSPS) is 38.8. The third-order valence-electron chi connectivity index (χ3n) is 5.02. The highest BCUT2D eigenvalue weighted by atomic mass is 32.2. The number of methoxy groups -OCH3 is 1. The highest BCUT2D eigenvalue weighted by Crippen LogP contribution is 2.43. The van der Waals surface area contributed by atoms with Gasteiger partial charge in [-0.3, -0.25) is 4.79 Å². The van der Waals surface area contributed by atoms with Crippen LogP contribution in [0.5, 0.6) is 0 Å². The lowest BCUT2D eigenvalue weighted by molar-refractivity contribution is -0.145. The highest BCUT2D eigenvalue weighted by Gasteiger charge is 2.50. The van der Waals surface area contributed by atoms with Crippen LogP contribution in [-0.2, 0) is 19.6 Å². The van der Waals surface area contributed by atoms with Crippen LogP contribution in [0, 0.1) is 11.8 Å². The van der Waals surface area contributed by atoms with Gasteiger partial charge in [0, 0.05) is 12.6 Å². The average molecular weight is 287 g/mol. The molecule has 0 radical (unpaired) electrons. The Morgan fingerprint density at radius 1 is 1.21 bits per heavy atom. The van der Waals surface area contributed by atoms with Crippen LogP contribution in [0.25, 0.3) is 0 Å². The van der Waals surface area contributed by atoms with Crippen LogP contribution in [0.15, 0.2) is 0 Å². The molecule has 19 heavy (non-hydrogen) atoms. The second kappa shape index (κ2) is 4.74. The molecular formula is C13H21NO4S. The number of ether oxygens (including phenoxy) is 1. The summed E-state index contributed by atoms with van der Waals surface area (Å²) in [6.45, 7) is 0.664. The summed E-state index contributed by atoms with van der Waals surface area (Å²) in [5, 5.41) is -0.556. The van der Waals surface area contributed by atoms with Gasteiger partial charge in [-0.15, -0.1) is 0 Å². The minimum Gasteiger partial charge on any atom is -0.469 e. The molecule has 2 saturated carbocycles. The summed E-state index contributed by atoms with van der Waals surface area (Å²) in [7, 11) is -2.01. The molecule has 2 aliphatic carbocycles. The largest absolute Gasteiger partial charge is 0.469 e. The molecule has 1 heterocycles. The van der Waals surface area contributed by atoms with Crippen LogP contribution < -0.4 is 0 Å². The first kappa shape index (κ1) is 13.4. The molecule has 3 fully saturated rings. The maximum atomic E-state index is 12.8. The molecule has 5 nitrogen and oxygen atoms in total. The van der Waals surface area contributed by atoms with Gasteiger partial charge in [-0.2, -0.15) is 4.31 Å². The topological polar surface area (TPSA) is 63.7 Å². The first-order valence-corrected chi connectivity index (χ1v) is 8.63. The number of nitrogens with zero attached hydrogens (tertiary/aromatic N) is 1. The number of carbonyl (C=O) groups excluding carboxylic acids is 1. The van der Waals surface area contributed by atoms with Crippen molar-refractivity contribution in [1.29, 1.82) is 0 Å². The zero-order valence-corrected chi connectivity index (χ0v) is 12.1. The van der Waals surface area contributed by atoms with Gasteiger partial charge in [0.2, 0.25) is 10.0 Å². The minimum atomic E-state index is -3.34. The van der Waals surface area contributed by atoms with E-state index in [4.69, 9.17) is 4.74 Å². The number of carbonyl (C=O) groups is 1. The molecule has 108 valence electrons. The molecule has 3 aliphatic rings. The van der Waals surface area contributed by atoms with Crippen molar-refractivity contribution in [3.05, 3.63) is 0 Å². The molecule has 3 rings (SSSR count). The fourth-order valence-electron chi connectivity index (χ4n) is 4.07. The van der Waals surface area contributed by atoms with Crippen molar-refractivity contribution in [2.75, 3.05) is 13.7 Å². The lowest BCUT2D eigenvalue weighted by atomic mass is 10.1. The lowest BCUT2D eigenvalue weighted by Crippen LogP contribution is -2.45. The number of esters is 1. The third kappa shape index (κ3) is 2.09. The molecule has 0 aromatic carbocycles. The van der Waals surface area contributed by atoms with Crippen LogP contribution in [0.2, 0.25) is 0 Å². The Kier molecular flexibility index (Phi) is 3.33. The van der Waals surface area contributed by atoms with E-state index in [1.54, 1.807) is 4.31 Å². The van der Waals surface area contributed by atoms with Gasteiger partial charge in [-0.25, -0.2) is 8.42 Å². The van der Waals surface area contributed by atoms with E-state index >= 15 is 0 Å². The van der Waals surface area contributed by atoms with Crippen molar-refractivity contribution in [2.24, 2.45) is 11.8 Å². The Balaban J connectivity index is 1.82. The van der Waals surface area contributed by atoms with Crippen molar-refractivity contribution < 1.29 is 17.9 Å². The van der Waals surface area contributed by atoms with Crippen LogP contribution in [0.4, 0.5) is 0 Å². The summed E-state index contributed by atoms with van der Waals surface area (Å²) in [5.41, 5.74) is 0. The Morgan fingerprint density at radius 3 is 2.58 bits per heavy atom. The van der Waals surface area contributed by atoms with E-state index in [0.29, 0.717) is 25.3 Å². The molecule has 0 amide bonds. The maximum Gasteiger partial charge on any atom is 0.310 e. The van der Waals surface area contributed by atoms with Gasteiger partial charge in [0.15, 0.2) is 0 Å². The van der Waals surface area contributed by atoms with Gasteiger partial charge < -0.3 is 4.74 Å². The number of piperidine rings is 1. The van der Waals surface area contributed by atoms with Crippen LogP contribution in [0.3, 0.4) is 0 Å². The summed E-state index contributed by atoms with van der Waals surface area (Å²) in [5.74, 6) is -0.290. The van der Waals surface area contributed by atoms with E-state index in [0.717, 1.165) is 25.7 Å². The Morgan fingerprint density at radius 2 is 2.00 bits per heavy atom. The Hall–Kier alpha value is -0.620. The Bertz CT molecular complexity index is 475. The number of fused-ring (bicyclic) bond motifs is 2. The molecular weight excluding hydrogens is 266 g/mol. The van der Waals surface area contributed by atoms with Crippen LogP contribution >= 0.6 is 0 Å². The van der Waals surface area contributed by atoms with Gasteiger partial charge in [-0.05, 0) is 38.0 Å². The zero-order chi connectivity index (χ0) is 13.6. The fourth-order valence-corrected chi connectivity index (χ4v) is 6.57. The average Bonchev–Trinajstić information content (AvgIpc) is 3.12. The monoisotopic (exact) mass is 287 g/mol. The molecule has 1 saturated heterocycles. The second-order valence-corrected chi connectivity index (χ2v) is 8.15. The van der Waals surface area contributed by atoms with Crippen molar-refractivity contribution in [2.45, 2.75) is 49.8 Å². The molecule has 6 heteroatoms. The second-order valence-electron chi connectivity index (χ2n) is 6.05. The van der Waals surface area contributed by atoms with Gasteiger partial charge in [0.1, 0.15) is 0 Å². The van der Waals surface area contributed by atoms with Gasteiger partial charge in [-0.1, -0.05) is 6.42 Å². The van der Waals surface area contributed by atoms with Crippen LogP contribution in [0.1, 0.15) is 38.5 Å². The Labute approximate surface area is 114 Å². The fraction of sp³-hybridized carbons (Fsp3) is 0.923. The summed E-state index contributed by atoms with van der Waals surface area (Å²) in [6, 6.07) is 0.189. The first-order valence-electron chi connectivity index (χ1n) is 7.12. The van der Waals surface area contributed by atoms with E-state index in [9.17, 15) is 13.2 Å². The van der Waals surface area contributed by atoms with Crippen molar-refractivity contribution in [1.82, 2.24) is 4.31 Å². The molecule has 4 atom stereocenters. The van der Waals surface area contributed by atoms with Gasteiger partial charge >= 0.3 is 5.97 Å². The molecule has 4 unspecified atom stereocenters. The van der Waals surface area contributed by atoms with Crippen LogP contribution in [-0.4, -0.2) is 43.6 Å². The van der Waals surface area contributed by atoms with Gasteiger partial charge in [0.25, 0.3) is 0 Å². The number of rotatable bonds is 3. The van der Waals surface area contributed by atoms with Crippen molar-refractivity contribution in [3.63, 3.8) is 0 Å². The molecule has 0 N–H and O–H groups in total. The SMILES string of the molecule is COC(=O)C1CCCC1S(=O)(=O)N1CC2CCC1C2. The van der Waals surface area contributed by atoms with Crippen molar-refractivity contribution >= 4 is 16.0 Å². The van der Waals surface area contributed by atoms with Gasteiger partial charge in [0.05, 0.1) is 18.3 Å². The molecule has 0 spiro atoms. The first-order chi connectivity index (χ1) is 9.04. The van der Waals surface area contributed by atoms with Crippen molar-refractivity contribution in [3.8, 4) is 0 Å². The number of hydrogen-bond acceptors (Lipinski definition) is 4. The number of hydrogen-bond donors (Lipinski definition) is 0. The minimum absolute atomic E-state index is 0.189. The molecule has 1 aliphatic heterocycles. The third-order valence-corrected chi connectivity index (χ3v) is 7.46. The zero-order valence-electron chi connectivity index (χ0n) is 11.2. The van der Waals surface area contributed by atoms with E-state index in [-0.39, 0.29) is 12.0 Å². The summed E-state index contributed by atoms with van der Waals surface area (Å²) in [4.78, 5) is 11.7. The van der Waals surface area contributed by atoms with E-state index < -0.39 is 21.2 Å². The van der Waals surface area contributed by atoms with E-state index in [2.05, 4.69) is 0 Å². The summed E-state index contributed by atoms with van der Waals surface area (Å²) >= 11 is 0. The number of sulfonamides is 1. The van der Waals surface area contributed by atoms with E-state index in [1.807, 2.05) is 0 Å². The summed E-state index contributed by atoms with van der Waals surface area (Å²) < 4.78 is 32.0. The van der Waals surface area contributed by atoms with E-state index in [1.165, 1.54) is 7.11 Å². The quantitative estimate of drug-likeness (QED) is 0.730. The standard InChI is InChI=1S/C13H21NO4S/c1-18-13(15)11-3-2-4-12(11)19(16,17)14-8-9-5-6-10(14)7-9/h9-12H,2-8H2,1H3. The predicted molar refractivity (Wildman–Crippen MR) is 69.9 cm³/mol.